The number of nitrogens with two attached hydrogens (primary N) is 1. The molecule has 0 saturated heterocycles. The Balaban J connectivity index is 2.63. The van der Waals surface area contributed by atoms with E-state index >= 15 is 0 Å². The van der Waals surface area contributed by atoms with Crippen LogP contribution in [0.2, 0.25) is 0 Å². The first-order valence-electron chi connectivity index (χ1n) is 7.56. The van der Waals surface area contributed by atoms with Gasteiger partial charge in [0.1, 0.15) is 0 Å². The number of hydrogen-bond acceptors (Lipinski definition) is 7. The van der Waals surface area contributed by atoms with E-state index in [2.05, 4.69) is 46.5 Å². The molecule has 0 amide bonds. The maximum Gasteiger partial charge on any atom is 0.323 e. The summed E-state index contributed by atoms with van der Waals surface area (Å²) in [5.41, 5.74) is 2.43. The number of aromatic nitrogens is 3. The monoisotopic (exact) mass is 296 g/mol. The molecule has 1 rings (SSSR count). The number of rotatable bonds is 9. The highest BCUT2D eigenvalue weighted by Crippen LogP contribution is 2.15. The second-order valence-corrected chi connectivity index (χ2v) is 5.95. The molecule has 7 heteroatoms. The van der Waals surface area contributed by atoms with Crippen LogP contribution in [0.4, 0.5) is 11.9 Å². The predicted molar refractivity (Wildman–Crippen MR) is 85.2 cm³/mol. The average Bonchev–Trinajstić information content (AvgIpc) is 2.36. The summed E-state index contributed by atoms with van der Waals surface area (Å²) < 4.78 is 5.49. The Morgan fingerprint density at radius 3 is 2.24 bits per heavy atom. The van der Waals surface area contributed by atoms with Gasteiger partial charge in [-0.2, -0.15) is 15.0 Å². The lowest BCUT2D eigenvalue weighted by Gasteiger charge is -2.16. The smallest absolute Gasteiger partial charge is 0.323 e. The van der Waals surface area contributed by atoms with Crippen molar-refractivity contribution in [3.05, 3.63) is 0 Å². The van der Waals surface area contributed by atoms with Gasteiger partial charge in [-0.25, -0.2) is 5.84 Å². The first-order chi connectivity index (χ1) is 9.90. The molecule has 0 radical (unpaired) electrons. The zero-order valence-electron chi connectivity index (χ0n) is 13.7. The normalized spacial score (nSPS) is 12.6. The minimum Gasteiger partial charge on any atom is -0.461 e. The molecule has 1 heterocycles. The van der Waals surface area contributed by atoms with Gasteiger partial charge in [0.25, 0.3) is 0 Å². The van der Waals surface area contributed by atoms with E-state index in [0.29, 0.717) is 5.95 Å². The number of hydrogen-bond donors (Lipinski definition) is 3. The van der Waals surface area contributed by atoms with Crippen LogP contribution in [-0.4, -0.2) is 27.1 Å². The minimum atomic E-state index is -0.00524. The van der Waals surface area contributed by atoms with Crippen molar-refractivity contribution < 1.29 is 4.74 Å². The number of hydrazine groups is 1. The third-order valence-electron chi connectivity index (χ3n) is 2.88. The maximum atomic E-state index is 5.49. The van der Waals surface area contributed by atoms with Crippen LogP contribution in [-0.2, 0) is 0 Å². The molecule has 0 aliphatic rings. The maximum absolute atomic E-state index is 5.49. The van der Waals surface area contributed by atoms with Gasteiger partial charge in [-0.05, 0) is 33.1 Å². The van der Waals surface area contributed by atoms with Gasteiger partial charge >= 0.3 is 6.01 Å². The Morgan fingerprint density at radius 1 is 1.00 bits per heavy atom. The van der Waals surface area contributed by atoms with Gasteiger partial charge in [0.15, 0.2) is 0 Å². The summed E-state index contributed by atoms with van der Waals surface area (Å²) in [7, 11) is 0. The molecule has 0 fully saturated rings. The van der Waals surface area contributed by atoms with E-state index in [1.54, 1.807) is 0 Å². The lowest BCUT2D eigenvalue weighted by atomic mass is 10.0. The topological polar surface area (TPSA) is 98.0 Å². The summed E-state index contributed by atoms with van der Waals surface area (Å²) in [6.45, 7) is 10.4. The third kappa shape index (κ3) is 7.08. The number of nitrogen functional groups attached to an aromatic ring is 1. The predicted octanol–water partition coefficient (Wildman–Crippen LogP) is 2.57. The highest BCUT2D eigenvalue weighted by Gasteiger charge is 2.11. The first-order valence-corrected chi connectivity index (χ1v) is 7.56. The van der Waals surface area contributed by atoms with E-state index in [9.17, 15) is 0 Å². The van der Waals surface area contributed by atoms with E-state index in [1.807, 2.05) is 13.8 Å². The van der Waals surface area contributed by atoms with Crippen LogP contribution >= 0.6 is 0 Å². The summed E-state index contributed by atoms with van der Waals surface area (Å²) >= 11 is 0. The van der Waals surface area contributed by atoms with Crippen molar-refractivity contribution in [1.82, 2.24) is 15.0 Å². The molecule has 4 N–H and O–H groups in total. The fourth-order valence-electron chi connectivity index (χ4n) is 1.87. The van der Waals surface area contributed by atoms with Crippen molar-refractivity contribution in [3.8, 4) is 6.01 Å². The highest BCUT2D eigenvalue weighted by atomic mass is 16.5. The molecule has 0 aliphatic carbocycles. The molecule has 0 spiro atoms. The number of nitrogens with zero attached hydrogens (tertiary/aromatic N) is 3. The van der Waals surface area contributed by atoms with E-state index in [1.165, 1.54) is 12.8 Å². The fraction of sp³-hybridized carbons (Fsp3) is 0.786. The molecule has 1 unspecified atom stereocenters. The van der Waals surface area contributed by atoms with Crippen molar-refractivity contribution in [2.45, 2.75) is 66.0 Å². The van der Waals surface area contributed by atoms with Crippen LogP contribution < -0.4 is 21.3 Å². The molecule has 0 aromatic carbocycles. The molecule has 1 atom stereocenters. The van der Waals surface area contributed by atoms with E-state index in [4.69, 9.17) is 10.6 Å². The van der Waals surface area contributed by atoms with Crippen LogP contribution in [0.5, 0.6) is 6.01 Å². The molecule has 1 aromatic rings. The van der Waals surface area contributed by atoms with Gasteiger partial charge in [0.2, 0.25) is 11.9 Å². The molecule has 0 saturated carbocycles. The second-order valence-electron chi connectivity index (χ2n) is 5.95. The molecule has 1 aromatic heterocycles. The van der Waals surface area contributed by atoms with Crippen molar-refractivity contribution >= 4 is 11.9 Å². The van der Waals surface area contributed by atoms with E-state index in [0.717, 1.165) is 12.3 Å². The molecule has 7 nitrogen and oxygen atoms in total. The van der Waals surface area contributed by atoms with Crippen molar-refractivity contribution in [2.24, 2.45) is 11.8 Å². The van der Waals surface area contributed by atoms with Crippen LogP contribution in [0, 0.1) is 5.92 Å². The highest BCUT2D eigenvalue weighted by molar-refractivity contribution is 5.35. The second kappa shape index (κ2) is 8.61. The van der Waals surface area contributed by atoms with Gasteiger partial charge in [-0.15, -0.1) is 0 Å². The van der Waals surface area contributed by atoms with Gasteiger partial charge in [0.05, 0.1) is 6.10 Å². The summed E-state index contributed by atoms with van der Waals surface area (Å²) in [6.07, 6.45) is 3.46. The Labute approximate surface area is 127 Å². The van der Waals surface area contributed by atoms with E-state index in [-0.39, 0.29) is 24.1 Å². The van der Waals surface area contributed by atoms with Gasteiger partial charge in [-0.3, -0.25) is 5.43 Å². The standard InChI is InChI=1S/C14H28N6O/c1-9(2)7-6-8-11(5)16-12-17-13(20-15)19-14(18-12)21-10(3)4/h9-11H,6-8,15H2,1-5H3,(H2,16,17,18,19,20). The summed E-state index contributed by atoms with van der Waals surface area (Å²) in [4.78, 5) is 12.5. The number of ether oxygens (including phenoxy) is 1. The molecular formula is C14H28N6O. The van der Waals surface area contributed by atoms with Crippen LogP contribution in [0.15, 0.2) is 0 Å². The largest absolute Gasteiger partial charge is 0.461 e. The third-order valence-corrected chi connectivity index (χ3v) is 2.88. The summed E-state index contributed by atoms with van der Waals surface area (Å²) in [5.74, 6) is 6.87. The molecule has 0 aliphatic heterocycles. The number of anilines is 2. The van der Waals surface area contributed by atoms with Crippen LogP contribution in [0.1, 0.15) is 53.9 Å². The quantitative estimate of drug-likeness (QED) is 0.476. The SMILES string of the molecule is CC(C)CCCC(C)Nc1nc(NN)nc(OC(C)C)n1. The minimum absolute atomic E-state index is 0.00524. The fourth-order valence-corrected chi connectivity index (χ4v) is 1.87. The average molecular weight is 296 g/mol. The van der Waals surface area contributed by atoms with Crippen LogP contribution in [0.3, 0.4) is 0 Å². The summed E-state index contributed by atoms with van der Waals surface area (Å²) in [6, 6.07) is 0.550. The molecular weight excluding hydrogens is 268 g/mol. The number of nitrogens with one attached hydrogen (secondary N) is 2. The Bertz CT molecular complexity index is 424. The lowest BCUT2D eigenvalue weighted by molar-refractivity contribution is 0.222. The van der Waals surface area contributed by atoms with Crippen molar-refractivity contribution in [1.29, 1.82) is 0 Å². The van der Waals surface area contributed by atoms with Crippen molar-refractivity contribution in [2.75, 3.05) is 10.7 Å². The molecule has 21 heavy (non-hydrogen) atoms. The lowest BCUT2D eigenvalue weighted by Crippen LogP contribution is -2.20. The zero-order chi connectivity index (χ0) is 15.8. The Hall–Kier alpha value is -1.63. The van der Waals surface area contributed by atoms with E-state index < -0.39 is 0 Å². The van der Waals surface area contributed by atoms with Gasteiger partial charge < -0.3 is 10.1 Å². The zero-order valence-corrected chi connectivity index (χ0v) is 13.7. The van der Waals surface area contributed by atoms with Gasteiger partial charge in [-0.1, -0.05) is 26.7 Å². The van der Waals surface area contributed by atoms with Gasteiger partial charge in [0, 0.05) is 6.04 Å². The molecule has 0 bridgehead atoms. The van der Waals surface area contributed by atoms with Crippen LogP contribution in [0.25, 0.3) is 0 Å². The Morgan fingerprint density at radius 2 is 1.67 bits per heavy atom. The summed E-state index contributed by atoms with van der Waals surface area (Å²) in [5, 5.41) is 3.27. The molecule has 120 valence electrons. The van der Waals surface area contributed by atoms with Crippen molar-refractivity contribution in [3.63, 3.8) is 0 Å². The first kappa shape index (κ1) is 17.4. The Kier molecular flexibility index (Phi) is 7.14.